The minimum Gasteiger partial charge on any atom is -0.321 e. The Morgan fingerprint density at radius 1 is 1.31 bits per heavy atom. The summed E-state index contributed by atoms with van der Waals surface area (Å²) in [6.07, 6.45) is 4.71. The average Bonchev–Trinajstić information content (AvgIpc) is 2.70. The van der Waals surface area contributed by atoms with E-state index in [0.717, 1.165) is 18.4 Å². The Morgan fingerprint density at radius 3 is 2.38 bits per heavy atom. The number of aromatic nitrogens is 1. The number of halogens is 3. The number of nitrogens with two attached hydrogens (primary N) is 1. The van der Waals surface area contributed by atoms with Gasteiger partial charge in [0.1, 0.15) is 5.82 Å². The highest BCUT2D eigenvalue weighted by atomic mass is 35.5. The predicted octanol–water partition coefficient (Wildman–Crippen LogP) is 2.01. The van der Waals surface area contributed by atoms with E-state index in [9.17, 15) is 4.39 Å². The first-order chi connectivity index (χ1) is 5.21. The summed E-state index contributed by atoms with van der Waals surface area (Å²) in [6.45, 7) is 0. The molecule has 1 heterocycles. The van der Waals surface area contributed by atoms with Crippen LogP contribution in [-0.4, -0.2) is 4.98 Å². The van der Waals surface area contributed by atoms with Crippen molar-refractivity contribution in [1.82, 2.24) is 4.98 Å². The molecule has 0 aliphatic heterocycles. The summed E-state index contributed by atoms with van der Waals surface area (Å²) in [5, 5.41) is 0. The standard InChI is InChI=1S/C8H9FN2.2ClH/c9-7-3-6(4-11-5-7)8(10)1-2-8;;/h3-5H,1-2,10H2;2*1H. The maximum atomic E-state index is 12.6. The van der Waals surface area contributed by atoms with Crippen LogP contribution in [-0.2, 0) is 5.54 Å². The van der Waals surface area contributed by atoms with Gasteiger partial charge < -0.3 is 5.73 Å². The summed E-state index contributed by atoms with van der Waals surface area (Å²) in [6, 6.07) is 1.46. The quantitative estimate of drug-likeness (QED) is 0.793. The van der Waals surface area contributed by atoms with Gasteiger partial charge in [-0.25, -0.2) is 4.39 Å². The number of hydrogen-bond donors (Lipinski definition) is 1. The molecule has 0 bridgehead atoms. The third kappa shape index (κ3) is 2.53. The second-order valence-electron chi connectivity index (χ2n) is 3.05. The predicted molar refractivity (Wildman–Crippen MR) is 53.8 cm³/mol. The van der Waals surface area contributed by atoms with Crippen LogP contribution in [0.25, 0.3) is 0 Å². The van der Waals surface area contributed by atoms with Gasteiger partial charge in [0.05, 0.1) is 6.20 Å². The molecule has 0 saturated heterocycles. The van der Waals surface area contributed by atoms with Gasteiger partial charge in [-0.05, 0) is 24.5 Å². The Labute approximate surface area is 88.6 Å². The smallest absolute Gasteiger partial charge is 0.141 e. The zero-order valence-electron chi connectivity index (χ0n) is 6.87. The first kappa shape index (κ1) is 12.6. The fourth-order valence-electron chi connectivity index (χ4n) is 1.11. The van der Waals surface area contributed by atoms with Gasteiger partial charge in [0.25, 0.3) is 0 Å². The van der Waals surface area contributed by atoms with E-state index in [2.05, 4.69) is 4.98 Å². The molecule has 0 radical (unpaired) electrons. The van der Waals surface area contributed by atoms with E-state index in [1.807, 2.05) is 0 Å². The van der Waals surface area contributed by atoms with E-state index in [0.29, 0.717) is 0 Å². The molecule has 1 fully saturated rings. The Bertz CT molecular complexity index is 289. The molecule has 0 amide bonds. The highest BCUT2D eigenvalue weighted by Crippen LogP contribution is 2.42. The third-order valence-electron chi connectivity index (χ3n) is 2.07. The lowest BCUT2D eigenvalue weighted by Crippen LogP contribution is -2.18. The van der Waals surface area contributed by atoms with Gasteiger partial charge in [0, 0.05) is 11.7 Å². The number of nitrogens with zero attached hydrogens (tertiary/aromatic N) is 1. The van der Waals surface area contributed by atoms with E-state index >= 15 is 0 Å². The van der Waals surface area contributed by atoms with Crippen LogP contribution in [0.2, 0.25) is 0 Å². The summed E-state index contributed by atoms with van der Waals surface area (Å²) < 4.78 is 12.6. The van der Waals surface area contributed by atoms with Crippen LogP contribution in [0.1, 0.15) is 18.4 Å². The average molecular weight is 225 g/mol. The lowest BCUT2D eigenvalue weighted by molar-refractivity contribution is 0.610. The molecule has 2 nitrogen and oxygen atoms in total. The molecule has 2 N–H and O–H groups in total. The second kappa shape index (κ2) is 4.22. The Balaban J connectivity index is 0.000000720. The van der Waals surface area contributed by atoms with Gasteiger partial charge in [0.15, 0.2) is 0 Å². The summed E-state index contributed by atoms with van der Waals surface area (Å²) in [5.74, 6) is -0.306. The number of hydrogen-bond acceptors (Lipinski definition) is 2. The van der Waals surface area contributed by atoms with Crippen LogP contribution in [0.5, 0.6) is 0 Å². The molecule has 1 aliphatic rings. The topological polar surface area (TPSA) is 38.9 Å². The van der Waals surface area contributed by atoms with Crippen LogP contribution in [0.15, 0.2) is 18.5 Å². The van der Waals surface area contributed by atoms with Crippen molar-refractivity contribution in [3.8, 4) is 0 Å². The van der Waals surface area contributed by atoms with Gasteiger partial charge in [0.2, 0.25) is 0 Å². The molecule has 1 saturated carbocycles. The first-order valence-electron chi connectivity index (χ1n) is 3.61. The summed E-state index contributed by atoms with van der Waals surface area (Å²) in [7, 11) is 0. The Kier molecular flexibility index (Phi) is 4.10. The molecule has 0 unspecified atom stereocenters. The van der Waals surface area contributed by atoms with E-state index in [-0.39, 0.29) is 36.2 Å². The number of pyridine rings is 1. The van der Waals surface area contributed by atoms with Crippen molar-refractivity contribution >= 4 is 24.8 Å². The summed E-state index contributed by atoms with van der Waals surface area (Å²) in [4.78, 5) is 3.74. The normalized spacial score (nSPS) is 16.8. The molecular formula is C8H11Cl2FN2. The summed E-state index contributed by atoms with van der Waals surface area (Å²) in [5.41, 5.74) is 6.38. The van der Waals surface area contributed by atoms with E-state index in [1.54, 1.807) is 6.20 Å². The SMILES string of the molecule is Cl.Cl.NC1(c2cncc(F)c2)CC1. The molecule has 13 heavy (non-hydrogen) atoms. The molecule has 0 spiro atoms. The van der Waals surface area contributed by atoms with Crippen molar-refractivity contribution in [2.24, 2.45) is 5.73 Å². The number of rotatable bonds is 1. The highest BCUT2D eigenvalue weighted by molar-refractivity contribution is 5.85. The minimum atomic E-state index is -0.306. The van der Waals surface area contributed by atoms with Gasteiger partial charge in [-0.1, -0.05) is 0 Å². The maximum Gasteiger partial charge on any atom is 0.141 e. The van der Waals surface area contributed by atoms with Crippen molar-refractivity contribution in [3.63, 3.8) is 0 Å². The minimum absolute atomic E-state index is 0. The first-order valence-corrected chi connectivity index (χ1v) is 3.61. The van der Waals surface area contributed by atoms with Crippen molar-refractivity contribution in [2.45, 2.75) is 18.4 Å². The van der Waals surface area contributed by atoms with Crippen LogP contribution in [0.3, 0.4) is 0 Å². The molecule has 0 atom stereocenters. The lowest BCUT2D eigenvalue weighted by atomic mass is 10.1. The third-order valence-corrected chi connectivity index (χ3v) is 2.07. The molecule has 1 aliphatic carbocycles. The maximum absolute atomic E-state index is 12.6. The zero-order chi connectivity index (χ0) is 7.90. The molecule has 74 valence electrons. The van der Waals surface area contributed by atoms with Crippen molar-refractivity contribution in [1.29, 1.82) is 0 Å². The van der Waals surface area contributed by atoms with E-state index < -0.39 is 0 Å². The molecule has 5 heteroatoms. The molecule has 1 aromatic rings. The van der Waals surface area contributed by atoms with E-state index in [4.69, 9.17) is 5.73 Å². The van der Waals surface area contributed by atoms with Crippen molar-refractivity contribution in [3.05, 3.63) is 29.8 Å². The van der Waals surface area contributed by atoms with Crippen LogP contribution < -0.4 is 5.73 Å². The highest BCUT2D eigenvalue weighted by Gasteiger charge is 2.40. The fraction of sp³-hybridized carbons (Fsp3) is 0.375. The zero-order valence-corrected chi connectivity index (χ0v) is 8.50. The van der Waals surface area contributed by atoms with Crippen LogP contribution in [0.4, 0.5) is 4.39 Å². The second-order valence-corrected chi connectivity index (χ2v) is 3.05. The van der Waals surface area contributed by atoms with Crippen molar-refractivity contribution in [2.75, 3.05) is 0 Å². The Morgan fingerprint density at radius 2 is 1.92 bits per heavy atom. The Hall–Kier alpha value is -0.380. The van der Waals surface area contributed by atoms with Crippen LogP contribution in [0, 0.1) is 5.82 Å². The van der Waals surface area contributed by atoms with Crippen LogP contribution >= 0.6 is 24.8 Å². The fourth-order valence-corrected chi connectivity index (χ4v) is 1.11. The molecule has 0 aromatic carbocycles. The van der Waals surface area contributed by atoms with Gasteiger partial charge in [-0.2, -0.15) is 0 Å². The molecule has 2 rings (SSSR count). The van der Waals surface area contributed by atoms with Gasteiger partial charge in [-0.3, -0.25) is 4.98 Å². The van der Waals surface area contributed by atoms with Gasteiger partial charge in [-0.15, -0.1) is 24.8 Å². The monoisotopic (exact) mass is 224 g/mol. The van der Waals surface area contributed by atoms with Gasteiger partial charge >= 0.3 is 0 Å². The van der Waals surface area contributed by atoms with Crippen molar-refractivity contribution < 1.29 is 4.39 Å². The summed E-state index contributed by atoms with van der Waals surface area (Å²) >= 11 is 0. The molecule has 1 aromatic heterocycles. The van der Waals surface area contributed by atoms with E-state index in [1.165, 1.54) is 12.3 Å². The molecular weight excluding hydrogens is 214 g/mol. The largest absolute Gasteiger partial charge is 0.321 e. The lowest BCUT2D eigenvalue weighted by Gasteiger charge is -2.06.